The Hall–Kier alpha value is -1.82. The van der Waals surface area contributed by atoms with Crippen LogP contribution in [0.1, 0.15) is 66.1 Å². The Bertz CT molecular complexity index is 959. The van der Waals surface area contributed by atoms with Crippen molar-refractivity contribution in [1.82, 2.24) is 4.90 Å². The highest BCUT2D eigenvalue weighted by Gasteiger charge is 2.32. The average molecular weight is 466 g/mol. The van der Waals surface area contributed by atoms with Gasteiger partial charge in [0.1, 0.15) is 17.7 Å². The minimum Gasteiger partial charge on any atom is -0.489 e. The Morgan fingerprint density at radius 3 is 2.48 bits per heavy atom. The molecule has 166 valence electrons. The van der Waals surface area contributed by atoms with Crippen LogP contribution in [0.4, 0.5) is 4.39 Å². The summed E-state index contributed by atoms with van der Waals surface area (Å²) in [4.78, 5) is 14.2. The maximum Gasteiger partial charge on any atom is 0.340 e. The van der Waals surface area contributed by atoms with E-state index in [0.717, 1.165) is 49.9 Å². The first-order valence-corrected chi connectivity index (χ1v) is 11.4. The standard InChI is InChI=1S/C24H26Cl2FNO3/c1-14(16-8-17(25)10-18(26)9-16)28-7-3-4-19(13-28)31-23-12-22(27)21(24(29)30-2)11-20(23)15-5-6-15/h8-12,14-15,19H,3-7,13H2,1-2H3/t14-,19?/m1/s1. The van der Waals surface area contributed by atoms with Crippen molar-refractivity contribution >= 4 is 29.2 Å². The van der Waals surface area contributed by atoms with Gasteiger partial charge in [-0.3, -0.25) is 4.90 Å². The van der Waals surface area contributed by atoms with Crippen LogP contribution in [0.15, 0.2) is 30.3 Å². The van der Waals surface area contributed by atoms with E-state index < -0.39 is 11.8 Å². The molecule has 1 saturated carbocycles. The van der Waals surface area contributed by atoms with Crippen LogP contribution in [-0.4, -0.2) is 37.2 Å². The smallest absolute Gasteiger partial charge is 0.340 e. The molecule has 2 aliphatic rings. The number of carbonyl (C=O) groups excluding carboxylic acids is 1. The molecule has 1 heterocycles. The second kappa shape index (κ2) is 9.35. The number of hydrogen-bond donors (Lipinski definition) is 0. The van der Waals surface area contributed by atoms with Gasteiger partial charge in [0, 0.05) is 28.7 Å². The fourth-order valence-corrected chi connectivity index (χ4v) is 4.82. The third-order valence-corrected chi connectivity index (χ3v) is 6.58. The van der Waals surface area contributed by atoms with Gasteiger partial charge in [0.25, 0.3) is 0 Å². The number of carbonyl (C=O) groups is 1. The van der Waals surface area contributed by atoms with Gasteiger partial charge in [-0.2, -0.15) is 0 Å². The molecule has 2 aromatic rings. The van der Waals surface area contributed by atoms with E-state index in [1.165, 1.54) is 13.2 Å². The summed E-state index contributed by atoms with van der Waals surface area (Å²) in [6.45, 7) is 3.79. The zero-order chi connectivity index (χ0) is 22.1. The number of hydrogen-bond acceptors (Lipinski definition) is 4. The number of rotatable bonds is 6. The summed E-state index contributed by atoms with van der Waals surface area (Å²) in [5, 5.41) is 1.24. The number of halogens is 3. The van der Waals surface area contributed by atoms with Gasteiger partial charge in [-0.05, 0) is 80.5 Å². The zero-order valence-electron chi connectivity index (χ0n) is 17.7. The average Bonchev–Trinajstić information content (AvgIpc) is 3.57. The second-order valence-electron chi connectivity index (χ2n) is 8.39. The summed E-state index contributed by atoms with van der Waals surface area (Å²) in [6.07, 6.45) is 3.85. The summed E-state index contributed by atoms with van der Waals surface area (Å²) < 4.78 is 25.6. The molecule has 0 spiro atoms. The van der Waals surface area contributed by atoms with Crippen molar-refractivity contribution in [2.24, 2.45) is 0 Å². The van der Waals surface area contributed by atoms with E-state index in [2.05, 4.69) is 11.8 Å². The Morgan fingerprint density at radius 2 is 1.84 bits per heavy atom. The van der Waals surface area contributed by atoms with Crippen LogP contribution in [0.3, 0.4) is 0 Å². The van der Waals surface area contributed by atoms with E-state index in [0.29, 0.717) is 21.7 Å². The van der Waals surface area contributed by atoms with Gasteiger partial charge in [0.15, 0.2) is 0 Å². The summed E-state index contributed by atoms with van der Waals surface area (Å²) in [5.41, 5.74) is 1.92. The summed E-state index contributed by atoms with van der Waals surface area (Å²) in [6, 6.07) is 8.69. The molecule has 2 fully saturated rings. The molecule has 0 aromatic heterocycles. The highest BCUT2D eigenvalue weighted by molar-refractivity contribution is 6.34. The monoisotopic (exact) mass is 465 g/mol. The van der Waals surface area contributed by atoms with Gasteiger partial charge in [0.2, 0.25) is 0 Å². The van der Waals surface area contributed by atoms with Crippen LogP contribution in [0.25, 0.3) is 0 Å². The highest BCUT2D eigenvalue weighted by Crippen LogP contribution is 2.45. The number of esters is 1. The Labute approximate surface area is 192 Å². The molecule has 0 bridgehead atoms. The molecular weight excluding hydrogens is 440 g/mol. The zero-order valence-corrected chi connectivity index (χ0v) is 19.2. The number of benzene rings is 2. The molecule has 7 heteroatoms. The largest absolute Gasteiger partial charge is 0.489 e. The minimum absolute atomic E-state index is 0.0338. The van der Waals surface area contributed by atoms with Crippen molar-refractivity contribution in [3.05, 3.63) is 62.9 Å². The number of piperidine rings is 1. The van der Waals surface area contributed by atoms with Gasteiger partial charge in [-0.25, -0.2) is 9.18 Å². The quantitative estimate of drug-likeness (QED) is 0.462. The molecular formula is C24H26Cl2FNO3. The Balaban J connectivity index is 1.52. The molecule has 0 radical (unpaired) electrons. The lowest BCUT2D eigenvalue weighted by molar-refractivity contribution is 0.0593. The first-order valence-electron chi connectivity index (χ1n) is 10.6. The fourth-order valence-electron chi connectivity index (χ4n) is 4.27. The van der Waals surface area contributed by atoms with Crippen LogP contribution < -0.4 is 4.74 Å². The number of ether oxygens (including phenoxy) is 2. The summed E-state index contributed by atoms with van der Waals surface area (Å²) in [5.74, 6) is -0.422. The SMILES string of the molecule is COC(=O)c1cc(C2CC2)c(OC2CCCN([C@H](C)c3cc(Cl)cc(Cl)c3)C2)cc1F. The number of nitrogens with zero attached hydrogens (tertiary/aromatic N) is 1. The Kier molecular flexibility index (Phi) is 6.75. The molecule has 4 rings (SSSR count). The van der Waals surface area contributed by atoms with Crippen LogP contribution in [0.5, 0.6) is 5.75 Å². The van der Waals surface area contributed by atoms with Crippen LogP contribution in [-0.2, 0) is 4.74 Å². The Morgan fingerprint density at radius 1 is 1.13 bits per heavy atom. The van der Waals surface area contributed by atoms with E-state index in [1.807, 2.05) is 12.1 Å². The first-order chi connectivity index (χ1) is 14.9. The maximum atomic E-state index is 14.6. The van der Waals surface area contributed by atoms with Gasteiger partial charge in [0.05, 0.1) is 12.7 Å². The van der Waals surface area contributed by atoms with Crippen LogP contribution in [0.2, 0.25) is 10.0 Å². The van der Waals surface area contributed by atoms with E-state index in [1.54, 1.807) is 12.1 Å². The topological polar surface area (TPSA) is 38.8 Å². The van der Waals surface area contributed by atoms with Crippen molar-refractivity contribution in [3.63, 3.8) is 0 Å². The predicted molar refractivity (Wildman–Crippen MR) is 120 cm³/mol. The normalized spacial score (nSPS) is 20.4. The minimum atomic E-state index is -0.663. The molecule has 1 aliphatic carbocycles. The van der Waals surface area contributed by atoms with Gasteiger partial charge in [-0.15, -0.1) is 0 Å². The summed E-state index contributed by atoms with van der Waals surface area (Å²) >= 11 is 12.4. The van der Waals surface area contributed by atoms with Crippen molar-refractivity contribution in [2.45, 2.75) is 50.7 Å². The molecule has 0 amide bonds. The van der Waals surface area contributed by atoms with E-state index in [-0.39, 0.29) is 17.7 Å². The summed E-state index contributed by atoms with van der Waals surface area (Å²) in [7, 11) is 1.26. The fraction of sp³-hybridized carbons (Fsp3) is 0.458. The van der Waals surface area contributed by atoms with E-state index in [4.69, 9.17) is 32.7 Å². The van der Waals surface area contributed by atoms with E-state index >= 15 is 0 Å². The molecule has 1 saturated heterocycles. The number of methoxy groups -OCH3 is 1. The predicted octanol–water partition coefficient (Wildman–Crippen LogP) is 6.40. The third-order valence-electron chi connectivity index (χ3n) is 6.14. The first kappa shape index (κ1) is 22.4. The van der Waals surface area contributed by atoms with Crippen molar-refractivity contribution < 1.29 is 18.7 Å². The number of likely N-dealkylation sites (tertiary alicyclic amines) is 1. The lowest BCUT2D eigenvalue weighted by atomic mass is 10.0. The molecule has 2 aromatic carbocycles. The van der Waals surface area contributed by atoms with Gasteiger partial charge in [-0.1, -0.05) is 23.2 Å². The lowest BCUT2D eigenvalue weighted by Gasteiger charge is -2.37. The van der Waals surface area contributed by atoms with Crippen LogP contribution >= 0.6 is 23.2 Å². The van der Waals surface area contributed by atoms with Crippen molar-refractivity contribution in [2.75, 3.05) is 20.2 Å². The van der Waals surface area contributed by atoms with Gasteiger partial charge < -0.3 is 9.47 Å². The molecule has 2 atom stereocenters. The lowest BCUT2D eigenvalue weighted by Crippen LogP contribution is -2.42. The third kappa shape index (κ3) is 5.16. The maximum absolute atomic E-state index is 14.6. The van der Waals surface area contributed by atoms with Crippen LogP contribution in [0, 0.1) is 5.82 Å². The molecule has 1 unspecified atom stereocenters. The highest BCUT2D eigenvalue weighted by atomic mass is 35.5. The molecule has 31 heavy (non-hydrogen) atoms. The molecule has 1 aliphatic heterocycles. The van der Waals surface area contributed by atoms with Crippen molar-refractivity contribution in [3.8, 4) is 5.75 Å². The molecule has 0 N–H and O–H groups in total. The van der Waals surface area contributed by atoms with E-state index in [9.17, 15) is 9.18 Å². The van der Waals surface area contributed by atoms with Gasteiger partial charge >= 0.3 is 5.97 Å². The second-order valence-corrected chi connectivity index (χ2v) is 9.26. The molecule has 4 nitrogen and oxygen atoms in total. The van der Waals surface area contributed by atoms with Crippen molar-refractivity contribution in [1.29, 1.82) is 0 Å².